The number of halogens is 4. The first-order valence-electron chi connectivity index (χ1n) is 13.4. The summed E-state index contributed by atoms with van der Waals surface area (Å²) in [6.45, 7) is 0.752. The molecule has 0 saturated carbocycles. The van der Waals surface area contributed by atoms with Crippen molar-refractivity contribution in [2.75, 3.05) is 6.26 Å². The molecule has 1 amide bonds. The maximum absolute atomic E-state index is 14.7. The van der Waals surface area contributed by atoms with Gasteiger partial charge in [0.15, 0.2) is 9.84 Å². The number of aliphatic hydroxyl groups excluding tert-OH is 1. The van der Waals surface area contributed by atoms with Crippen LogP contribution < -0.4 is 0 Å². The third kappa shape index (κ3) is 6.39. The van der Waals surface area contributed by atoms with E-state index in [-0.39, 0.29) is 34.9 Å². The molecule has 0 atom stereocenters. The highest BCUT2D eigenvalue weighted by atomic mass is 32.2. The predicted octanol–water partition coefficient (Wildman–Crippen LogP) is 7.30. The second kappa shape index (κ2) is 11.9. The highest BCUT2D eigenvalue weighted by Gasteiger charge is 2.35. The summed E-state index contributed by atoms with van der Waals surface area (Å²) in [4.78, 5) is 15.1. The lowest BCUT2D eigenvalue weighted by Gasteiger charge is -2.24. The third-order valence-electron chi connectivity index (χ3n) is 7.30. The molecule has 0 aliphatic carbocycles. The Kier molecular flexibility index (Phi) is 8.37. The van der Waals surface area contributed by atoms with Gasteiger partial charge in [0.25, 0.3) is 5.91 Å². The SMILES string of the molecule is Cc1ccc2ccccc2c1C(=O)N(Cc1ccc(-c2cc(F)c(CO)c(S(C)(=O)=O)c2)cc1)Cc1ccc(C(F)(F)F)o1. The molecule has 0 aliphatic heterocycles. The van der Waals surface area contributed by atoms with Gasteiger partial charge in [0.1, 0.15) is 11.6 Å². The maximum Gasteiger partial charge on any atom is 0.449 e. The van der Waals surface area contributed by atoms with Gasteiger partial charge in [0.05, 0.1) is 23.6 Å². The van der Waals surface area contributed by atoms with Crippen molar-refractivity contribution < 1.29 is 40.3 Å². The number of hydrogen-bond donors (Lipinski definition) is 1. The minimum atomic E-state index is -4.68. The van der Waals surface area contributed by atoms with Crippen LogP contribution in [0.15, 0.2) is 94.2 Å². The van der Waals surface area contributed by atoms with Crippen molar-refractivity contribution >= 4 is 26.5 Å². The van der Waals surface area contributed by atoms with E-state index in [1.807, 2.05) is 30.3 Å². The number of fused-ring (bicyclic) bond motifs is 1. The number of carbonyl (C=O) groups is 1. The summed E-state index contributed by atoms with van der Waals surface area (Å²) in [7, 11) is -3.84. The molecule has 0 spiro atoms. The molecule has 1 heterocycles. The quantitative estimate of drug-likeness (QED) is 0.183. The number of hydrogen-bond acceptors (Lipinski definition) is 5. The Bertz CT molecular complexity index is 1970. The van der Waals surface area contributed by atoms with E-state index in [0.717, 1.165) is 23.8 Å². The summed E-state index contributed by atoms with van der Waals surface area (Å²) in [5, 5.41) is 11.0. The normalized spacial score (nSPS) is 12.1. The maximum atomic E-state index is 14.7. The summed E-state index contributed by atoms with van der Waals surface area (Å²) >= 11 is 0. The molecule has 5 rings (SSSR count). The Balaban J connectivity index is 1.51. The zero-order chi connectivity index (χ0) is 31.8. The van der Waals surface area contributed by atoms with Gasteiger partial charge < -0.3 is 14.4 Å². The topological polar surface area (TPSA) is 87.8 Å². The molecule has 0 bridgehead atoms. The third-order valence-corrected chi connectivity index (χ3v) is 8.46. The summed E-state index contributed by atoms with van der Waals surface area (Å²) in [5.41, 5.74) is 2.14. The van der Waals surface area contributed by atoms with Crippen LogP contribution in [0.2, 0.25) is 0 Å². The van der Waals surface area contributed by atoms with Crippen LogP contribution in [-0.4, -0.2) is 30.6 Å². The summed E-state index contributed by atoms with van der Waals surface area (Å²) < 4.78 is 83.9. The van der Waals surface area contributed by atoms with E-state index < -0.39 is 40.1 Å². The van der Waals surface area contributed by atoms with Crippen LogP contribution in [0.3, 0.4) is 0 Å². The Hall–Kier alpha value is -4.48. The minimum Gasteiger partial charge on any atom is -0.455 e. The molecule has 1 N–H and O–H groups in total. The van der Waals surface area contributed by atoms with Gasteiger partial charge in [0.2, 0.25) is 5.76 Å². The summed E-state index contributed by atoms with van der Waals surface area (Å²) in [6.07, 6.45) is -3.76. The van der Waals surface area contributed by atoms with E-state index >= 15 is 0 Å². The molecular formula is C33H27F4NO5S. The van der Waals surface area contributed by atoms with Gasteiger partial charge in [-0.15, -0.1) is 0 Å². The second-order valence-corrected chi connectivity index (χ2v) is 12.4. The lowest BCUT2D eigenvalue weighted by Crippen LogP contribution is -2.30. The molecule has 4 aromatic carbocycles. The monoisotopic (exact) mass is 625 g/mol. The number of aliphatic hydroxyl groups is 1. The first kappa shape index (κ1) is 31.0. The van der Waals surface area contributed by atoms with Crippen molar-refractivity contribution in [1.82, 2.24) is 4.90 Å². The zero-order valence-electron chi connectivity index (χ0n) is 23.7. The van der Waals surface area contributed by atoms with Crippen molar-refractivity contribution in [3.63, 3.8) is 0 Å². The highest BCUT2D eigenvalue weighted by molar-refractivity contribution is 7.90. The van der Waals surface area contributed by atoms with Gasteiger partial charge in [-0.25, -0.2) is 12.8 Å². The van der Waals surface area contributed by atoms with E-state index in [2.05, 4.69) is 0 Å². The smallest absolute Gasteiger partial charge is 0.449 e. The van der Waals surface area contributed by atoms with Crippen molar-refractivity contribution in [3.8, 4) is 11.1 Å². The van der Waals surface area contributed by atoms with Crippen LogP contribution in [0.5, 0.6) is 0 Å². The molecule has 0 saturated heterocycles. The molecule has 0 radical (unpaired) electrons. The van der Waals surface area contributed by atoms with Crippen LogP contribution in [0.4, 0.5) is 17.6 Å². The average Bonchev–Trinajstić information content (AvgIpc) is 3.45. The predicted molar refractivity (Wildman–Crippen MR) is 157 cm³/mol. The van der Waals surface area contributed by atoms with Gasteiger partial charge in [0, 0.05) is 18.4 Å². The number of alkyl halides is 3. The average molecular weight is 626 g/mol. The molecule has 0 aliphatic rings. The van der Waals surface area contributed by atoms with Gasteiger partial charge in [-0.2, -0.15) is 13.2 Å². The first-order valence-corrected chi connectivity index (χ1v) is 15.3. The summed E-state index contributed by atoms with van der Waals surface area (Å²) in [6, 6.07) is 22.0. The number of furan rings is 1. The van der Waals surface area contributed by atoms with E-state index in [9.17, 15) is 35.9 Å². The number of benzene rings is 4. The Morgan fingerprint density at radius 2 is 1.61 bits per heavy atom. The fourth-order valence-corrected chi connectivity index (χ4v) is 6.06. The van der Waals surface area contributed by atoms with Crippen LogP contribution in [0.1, 0.15) is 38.6 Å². The fraction of sp³-hybridized carbons (Fsp3) is 0.182. The molecular weight excluding hydrogens is 598 g/mol. The molecule has 1 aromatic heterocycles. The van der Waals surface area contributed by atoms with Crippen LogP contribution >= 0.6 is 0 Å². The number of carbonyl (C=O) groups excluding carboxylic acids is 1. The van der Waals surface area contributed by atoms with Crippen molar-refractivity contribution in [3.05, 3.63) is 125 Å². The van der Waals surface area contributed by atoms with Gasteiger partial charge in [-0.3, -0.25) is 4.79 Å². The number of rotatable bonds is 8. The van der Waals surface area contributed by atoms with Crippen LogP contribution in [0.25, 0.3) is 21.9 Å². The van der Waals surface area contributed by atoms with Gasteiger partial charge in [-0.05, 0) is 64.2 Å². The lowest BCUT2D eigenvalue weighted by molar-refractivity contribution is -0.153. The van der Waals surface area contributed by atoms with Crippen molar-refractivity contribution in [2.24, 2.45) is 0 Å². The molecule has 228 valence electrons. The Morgan fingerprint density at radius 3 is 2.25 bits per heavy atom. The second-order valence-electron chi connectivity index (χ2n) is 10.5. The minimum absolute atomic E-state index is 0.00374. The van der Waals surface area contributed by atoms with E-state index in [4.69, 9.17) is 4.42 Å². The van der Waals surface area contributed by atoms with Crippen LogP contribution in [-0.2, 0) is 35.7 Å². The number of aryl methyl sites for hydroxylation is 1. The van der Waals surface area contributed by atoms with E-state index in [0.29, 0.717) is 27.6 Å². The molecule has 5 aromatic rings. The first-order chi connectivity index (χ1) is 20.8. The van der Waals surface area contributed by atoms with Crippen LogP contribution in [0, 0.1) is 12.7 Å². The van der Waals surface area contributed by atoms with E-state index in [1.165, 1.54) is 17.0 Å². The lowest BCUT2D eigenvalue weighted by atomic mass is 9.98. The Labute approximate surface area is 251 Å². The molecule has 6 nitrogen and oxygen atoms in total. The summed E-state index contributed by atoms with van der Waals surface area (Å²) in [5.74, 6) is -2.49. The number of amides is 1. The zero-order valence-corrected chi connectivity index (χ0v) is 24.5. The molecule has 44 heavy (non-hydrogen) atoms. The van der Waals surface area contributed by atoms with Crippen molar-refractivity contribution in [2.45, 2.75) is 37.7 Å². The largest absolute Gasteiger partial charge is 0.455 e. The van der Waals surface area contributed by atoms with E-state index in [1.54, 1.807) is 37.3 Å². The number of sulfone groups is 1. The standard InChI is InChI=1S/C33H27F4NO5S/c1-20-7-10-23-5-3-4-6-26(23)31(20)32(40)38(18-25-13-14-30(43-25)33(35,36)37)17-21-8-11-22(12-9-21)24-15-28(34)27(19-39)29(16-24)44(2,41)42/h3-16,39H,17-19H2,1-2H3. The molecule has 0 fully saturated rings. The number of nitrogens with zero attached hydrogens (tertiary/aromatic N) is 1. The van der Waals surface area contributed by atoms with Gasteiger partial charge >= 0.3 is 6.18 Å². The highest BCUT2D eigenvalue weighted by Crippen LogP contribution is 2.32. The molecule has 0 unspecified atom stereocenters. The van der Waals surface area contributed by atoms with Gasteiger partial charge in [-0.1, -0.05) is 60.7 Å². The fourth-order valence-electron chi connectivity index (χ4n) is 5.11. The Morgan fingerprint density at radius 1 is 0.909 bits per heavy atom. The molecule has 11 heteroatoms. The van der Waals surface area contributed by atoms with Crippen molar-refractivity contribution in [1.29, 1.82) is 0 Å².